The molecule has 0 aromatic carbocycles. The second kappa shape index (κ2) is 7.10. The molecular weight excluding hydrogens is 264 g/mol. The van der Waals surface area contributed by atoms with E-state index in [2.05, 4.69) is 12.2 Å². The zero-order valence-corrected chi connectivity index (χ0v) is 14.2. The molecule has 21 heavy (non-hydrogen) atoms. The van der Waals surface area contributed by atoms with Gasteiger partial charge in [-0.05, 0) is 47.0 Å². The van der Waals surface area contributed by atoms with Crippen molar-refractivity contribution in [3.05, 3.63) is 0 Å². The van der Waals surface area contributed by atoms with Gasteiger partial charge in [-0.15, -0.1) is 0 Å². The normalized spacial score (nSPS) is 28.4. The Morgan fingerprint density at radius 1 is 1.29 bits per heavy atom. The molecule has 0 aliphatic heterocycles. The summed E-state index contributed by atoms with van der Waals surface area (Å²) >= 11 is 0. The lowest BCUT2D eigenvalue weighted by molar-refractivity contribution is -0.143. The predicted octanol–water partition coefficient (Wildman–Crippen LogP) is 2.57. The molecule has 0 bridgehead atoms. The molecule has 2 saturated carbocycles. The van der Waals surface area contributed by atoms with Crippen molar-refractivity contribution >= 4 is 5.91 Å². The van der Waals surface area contributed by atoms with Crippen LogP contribution in [-0.2, 0) is 9.53 Å². The molecule has 1 spiro atoms. The molecule has 4 heteroatoms. The van der Waals surface area contributed by atoms with Crippen molar-refractivity contribution in [2.45, 2.75) is 78.0 Å². The molecular formula is C17H32N2O2. The highest BCUT2D eigenvalue weighted by atomic mass is 16.5. The number of amides is 1. The number of ether oxygens (including phenoxy) is 1. The zero-order chi connectivity index (χ0) is 15.5. The van der Waals surface area contributed by atoms with Crippen LogP contribution in [0.4, 0.5) is 0 Å². The molecule has 3 atom stereocenters. The molecule has 1 amide bonds. The van der Waals surface area contributed by atoms with Crippen molar-refractivity contribution in [1.29, 1.82) is 0 Å². The van der Waals surface area contributed by atoms with Crippen molar-refractivity contribution in [3.8, 4) is 0 Å². The van der Waals surface area contributed by atoms with Gasteiger partial charge in [0.2, 0.25) is 5.91 Å². The highest BCUT2D eigenvalue weighted by molar-refractivity contribution is 5.81. The summed E-state index contributed by atoms with van der Waals surface area (Å²) in [4.78, 5) is 14.3. The maximum absolute atomic E-state index is 12.4. The van der Waals surface area contributed by atoms with Crippen LogP contribution in [-0.4, -0.2) is 48.7 Å². The van der Waals surface area contributed by atoms with E-state index in [4.69, 9.17) is 4.74 Å². The van der Waals surface area contributed by atoms with Crippen molar-refractivity contribution in [2.75, 3.05) is 19.7 Å². The van der Waals surface area contributed by atoms with Gasteiger partial charge in [0.1, 0.15) is 0 Å². The molecule has 2 rings (SSSR count). The zero-order valence-electron chi connectivity index (χ0n) is 14.2. The number of hydrogen-bond acceptors (Lipinski definition) is 3. The van der Waals surface area contributed by atoms with Gasteiger partial charge < -0.3 is 15.0 Å². The Hall–Kier alpha value is -0.610. The molecule has 2 aliphatic rings. The summed E-state index contributed by atoms with van der Waals surface area (Å²) < 4.78 is 5.94. The van der Waals surface area contributed by atoms with E-state index in [9.17, 15) is 4.79 Å². The summed E-state index contributed by atoms with van der Waals surface area (Å²) in [5.41, 5.74) is 0.299. The molecule has 3 unspecified atom stereocenters. The molecule has 0 aromatic heterocycles. The highest BCUT2D eigenvalue weighted by Gasteiger charge is 2.56. The molecule has 0 radical (unpaired) electrons. The Balaban J connectivity index is 1.95. The molecule has 1 N–H and O–H groups in total. The van der Waals surface area contributed by atoms with Gasteiger partial charge in [0.25, 0.3) is 0 Å². The van der Waals surface area contributed by atoms with Gasteiger partial charge in [0.15, 0.2) is 0 Å². The van der Waals surface area contributed by atoms with Crippen molar-refractivity contribution in [2.24, 2.45) is 5.41 Å². The third-order valence-corrected chi connectivity index (χ3v) is 5.58. The average Bonchev–Trinajstić information content (AvgIpc) is 2.99. The second-order valence-electron chi connectivity index (χ2n) is 6.57. The van der Waals surface area contributed by atoms with E-state index < -0.39 is 0 Å². The van der Waals surface area contributed by atoms with Crippen LogP contribution in [0.5, 0.6) is 0 Å². The first-order valence-corrected chi connectivity index (χ1v) is 8.75. The minimum atomic E-state index is -0.0880. The second-order valence-corrected chi connectivity index (χ2v) is 6.57. The number of carbonyl (C=O) groups is 1. The van der Waals surface area contributed by atoms with Gasteiger partial charge in [-0.25, -0.2) is 0 Å². The van der Waals surface area contributed by atoms with E-state index in [1.54, 1.807) is 0 Å². The smallest absolute Gasteiger partial charge is 0.239 e. The molecule has 2 fully saturated rings. The molecule has 0 aromatic rings. The fourth-order valence-electron chi connectivity index (χ4n) is 4.30. The highest BCUT2D eigenvalue weighted by Crippen LogP contribution is 2.54. The molecule has 0 heterocycles. The number of nitrogens with one attached hydrogen (secondary N) is 1. The van der Waals surface area contributed by atoms with E-state index in [-0.39, 0.29) is 11.9 Å². The van der Waals surface area contributed by atoms with Crippen LogP contribution in [0.15, 0.2) is 0 Å². The monoisotopic (exact) mass is 296 g/mol. The Morgan fingerprint density at radius 2 is 1.90 bits per heavy atom. The first kappa shape index (κ1) is 16.8. The third-order valence-electron chi connectivity index (χ3n) is 5.58. The van der Waals surface area contributed by atoms with Crippen LogP contribution < -0.4 is 5.32 Å². The molecule has 2 aliphatic carbocycles. The molecule has 0 saturated heterocycles. The topological polar surface area (TPSA) is 41.6 Å². The van der Waals surface area contributed by atoms with Gasteiger partial charge in [-0.1, -0.05) is 12.8 Å². The molecule has 4 nitrogen and oxygen atoms in total. The van der Waals surface area contributed by atoms with Crippen LogP contribution in [0.1, 0.15) is 59.8 Å². The van der Waals surface area contributed by atoms with Gasteiger partial charge >= 0.3 is 0 Å². The van der Waals surface area contributed by atoms with E-state index in [1.807, 2.05) is 25.7 Å². The summed E-state index contributed by atoms with van der Waals surface area (Å²) in [6.45, 7) is 10.6. The summed E-state index contributed by atoms with van der Waals surface area (Å²) in [5, 5.41) is 3.62. The van der Waals surface area contributed by atoms with Crippen molar-refractivity contribution in [3.63, 3.8) is 0 Å². The van der Waals surface area contributed by atoms with E-state index in [0.29, 0.717) is 17.6 Å². The Kier molecular flexibility index (Phi) is 5.67. The predicted molar refractivity (Wildman–Crippen MR) is 85.2 cm³/mol. The minimum Gasteiger partial charge on any atom is -0.378 e. The lowest BCUT2D eigenvalue weighted by Gasteiger charge is -2.55. The van der Waals surface area contributed by atoms with Crippen molar-refractivity contribution < 1.29 is 9.53 Å². The standard InChI is InChI=1S/C17H32N2O2/c1-5-19(6-2)16(20)13(4)18-14-12-15(21-7-3)17(14)10-8-9-11-17/h13-15,18H,5-12H2,1-4H3. The van der Waals surface area contributed by atoms with Crippen molar-refractivity contribution in [1.82, 2.24) is 10.2 Å². The third kappa shape index (κ3) is 3.11. The van der Waals surface area contributed by atoms with E-state index in [0.717, 1.165) is 26.1 Å². The maximum atomic E-state index is 12.4. The lowest BCUT2D eigenvalue weighted by Crippen LogP contribution is -2.65. The number of likely N-dealkylation sites (N-methyl/N-ethyl adjacent to an activating group) is 1. The number of nitrogens with zero attached hydrogens (tertiary/aromatic N) is 1. The Morgan fingerprint density at radius 3 is 2.43 bits per heavy atom. The average molecular weight is 296 g/mol. The van der Waals surface area contributed by atoms with Gasteiger partial charge in [0.05, 0.1) is 12.1 Å². The summed E-state index contributed by atoms with van der Waals surface area (Å²) in [7, 11) is 0. The maximum Gasteiger partial charge on any atom is 0.239 e. The summed E-state index contributed by atoms with van der Waals surface area (Å²) in [5.74, 6) is 0.230. The summed E-state index contributed by atoms with van der Waals surface area (Å²) in [6, 6.07) is 0.362. The Bertz CT molecular complexity index is 349. The van der Waals surface area contributed by atoms with Gasteiger partial charge in [-0.2, -0.15) is 0 Å². The number of hydrogen-bond donors (Lipinski definition) is 1. The van der Waals surface area contributed by atoms with E-state index >= 15 is 0 Å². The fraction of sp³-hybridized carbons (Fsp3) is 0.941. The largest absolute Gasteiger partial charge is 0.378 e. The SMILES string of the molecule is CCOC1CC(NC(C)C(=O)N(CC)CC)C12CCCC2. The first-order chi connectivity index (χ1) is 10.1. The van der Waals surface area contributed by atoms with Crippen LogP contribution in [0.25, 0.3) is 0 Å². The van der Waals surface area contributed by atoms with Gasteiger partial charge in [0, 0.05) is 31.2 Å². The van der Waals surface area contributed by atoms with Crippen LogP contribution in [0.3, 0.4) is 0 Å². The quantitative estimate of drug-likeness (QED) is 0.785. The summed E-state index contributed by atoms with van der Waals surface area (Å²) in [6.07, 6.45) is 6.57. The van der Waals surface area contributed by atoms with E-state index in [1.165, 1.54) is 25.7 Å². The number of rotatable bonds is 7. The minimum absolute atomic E-state index is 0.0880. The molecule has 122 valence electrons. The Labute approximate surface area is 129 Å². The fourth-order valence-corrected chi connectivity index (χ4v) is 4.30. The number of carbonyl (C=O) groups excluding carboxylic acids is 1. The van der Waals surface area contributed by atoms with Gasteiger partial charge in [-0.3, -0.25) is 4.79 Å². The van der Waals surface area contributed by atoms with Crippen LogP contribution >= 0.6 is 0 Å². The first-order valence-electron chi connectivity index (χ1n) is 8.75. The van der Waals surface area contributed by atoms with Crippen LogP contribution in [0.2, 0.25) is 0 Å². The lowest BCUT2D eigenvalue weighted by atomic mass is 9.60. The van der Waals surface area contributed by atoms with Crippen LogP contribution in [0, 0.1) is 5.41 Å².